The monoisotopic (exact) mass is 261 g/mol. The van der Waals surface area contributed by atoms with Gasteiger partial charge >= 0.3 is 0 Å². The molecule has 7 heteroatoms. The summed E-state index contributed by atoms with van der Waals surface area (Å²) in [6, 6.07) is 2.11. The summed E-state index contributed by atoms with van der Waals surface area (Å²) in [5.74, 6) is -0.788. The molecule has 0 aromatic heterocycles. The average molecular weight is 262 g/mol. The molecule has 0 fully saturated rings. The van der Waals surface area contributed by atoms with E-state index in [0.717, 1.165) is 6.07 Å². The van der Waals surface area contributed by atoms with Crippen LogP contribution in [-0.2, 0) is 0 Å². The highest BCUT2D eigenvalue weighted by molar-refractivity contribution is 6.31. The molecule has 0 aliphatic heterocycles. The van der Waals surface area contributed by atoms with Crippen LogP contribution in [0.4, 0.5) is 15.8 Å². The zero-order valence-electron chi connectivity index (χ0n) is 9.54. The minimum absolute atomic E-state index is 0.123. The summed E-state index contributed by atoms with van der Waals surface area (Å²) in [5.41, 5.74) is 0.0159. The molecule has 5 nitrogen and oxygen atoms in total. The number of nitro benzene ring substituents is 1. The molecule has 0 saturated heterocycles. The van der Waals surface area contributed by atoms with E-state index in [-0.39, 0.29) is 10.7 Å². The van der Waals surface area contributed by atoms with E-state index >= 15 is 0 Å². The van der Waals surface area contributed by atoms with Crippen LogP contribution in [0.1, 0.15) is 0 Å². The van der Waals surface area contributed by atoms with Crippen LogP contribution < -0.4 is 10.2 Å². The lowest BCUT2D eigenvalue weighted by molar-refractivity contribution is -0.384. The van der Waals surface area contributed by atoms with Gasteiger partial charge in [0.2, 0.25) is 0 Å². The molecular formula is C10H13ClFN3O2. The third kappa shape index (κ3) is 3.28. The maximum atomic E-state index is 13.2. The quantitative estimate of drug-likeness (QED) is 0.651. The molecule has 0 saturated carbocycles. The van der Waals surface area contributed by atoms with Crippen molar-refractivity contribution in [1.29, 1.82) is 0 Å². The van der Waals surface area contributed by atoms with Gasteiger partial charge in [-0.25, -0.2) is 4.39 Å². The molecule has 0 bridgehead atoms. The van der Waals surface area contributed by atoms with Gasteiger partial charge in [0, 0.05) is 20.1 Å². The van der Waals surface area contributed by atoms with Crippen molar-refractivity contribution >= 4 is 23.0 Å². The number of nitrogens with zero attached hydrogens (tertiary/aromatic N) is 2. The highest BCUT2D eigenvalue weighted by Gasteiger charge is 2.20. The Hall–Kier alpha value is -1.40. The van der Waals surface area contributed by atoms with E-state index < -0.39 is 10.7 Å². The fourth-order valence-corrected chi connectivity index (χ4v) is 1.54. The van der Waals surface area contributed by atoms with Crippen molar-refractivity contribution in [3.05, 3.63) is 33.1 Å². The number of nitrogens with one attached hydrogen (secondary N) is 1. The van der Waals surface area contributed by atoms with Gasteiger partial charge < -0.3 is 10.2 Å². The van der Waals surface area contributed by atoms with Crippen molar-refractivity contribution < 1.29 is 9.31 Å². The van der Waals surface area contributed by atoms with E-state index in [9.17, 15) is 14.5 Å². The first-order valence-electron chi connectivity index (χ1n) is 4.96. The molecule has 1 aromatic carbocycles. The number of nitro groups is 1. The van der Waals surface area contributed by atoms with Gasteiger partial charge in [0.25, 0.3) is 5.69 Å². The summed E-state index contributed by atoms with van der Waals surface area (Å²) in [6.45, 7) is 1.21. The molecule has 0 aliphatic carbocycles. The molecule has 1 aromatic rings. The number of rotatable bonds is 5. The standard InChI is InChI=1S/C10H13ClFN3O2/c1-13-3-4-14(2)9-5-7(11)8(12)6-10(9)15(16)17/h5-6,13H,3-4H2,1-2H3. The Kier molecular flexibility index (Phi) is 4.65. The molecule has 0 aliphatic rings. The number of halogens is 2. The molecule has 1 rings (SSSR count). The molecule has 0 atom stereocenters. The topological polar surface area (TPSA) is 58.4 Å². The van der Waals surface area contributed by atoms with Crippen molar-refractivity contribution in [1.82, 2.24) is 5.32 Å². The van der Waals surface area contributed by atoms with Gasteiger partial charge in [-0.3, -0.25) is 10.1 Å². The lowest BCUT2D eigenvalue weighted by Crippen LogP contribution is -2.27. The lowest BCUT2D eigenvalue weighted by Gasteiger charge is -2.19. The van der Waals surface area contributed by atoms with Gasteiger partial charge in [-0.1, -0.05) is 11.6 Å². The second-order valence-electron chi connectivity index (χ2n) is 3.54. The first-order chi connectivity index (χ1) is 7.97. The van der Waals surface area contributed by atoms with Crippen LogP contribution in [0.5, 0.6) is 0 Å². The van der Waals surface area contributed by atoms with Gasteiger partial charge in [-0.05, 0) is 13.1 Å². The second kappa shape index (κ2) is 5.79. The summed E-state index contributed by atoms with van der Waals surface area (Å²) in [5, 5.41) is 13.6. The van der Waals surface area contributed by atoms with Crippen molar-refractivity contribution in [2.24, 2.45) is 0 Å². The maximum Gasteiger partial charge on any atom is 0.295 e. The number of benzene rings is 1. The van der Waals surface area contributed by atoms with E-state index in [4.69, 9.17) is 11.6 Å². The third-order valence-corrected chi connectivity index (χ3v) is 2.61. The average Bonchev–Trinajstić information content (AvgIpc) is 2.28. The third-order valence-electron chi connectivity index (χ3n) is 2.32. The van der Waals surface area contributed by atoms with E-state index in [1.807, 2.05) is 0 Å². The van der Waals surface area contributed by atoms with Gasteiger partial charge in [-0.15, -0.1) is 0 Å². The molecule has 1 N–H and O–H groups in total. The molecule has 0 amide bonds. The molecule has 0 heterocycles. The normalized spacial score (nSPS) is 10.4. The minimum Gasteiger partial charge on any atom is -0.368 e. The largest absolute Gasteiger partial charge is 0.368 e. The predicted octanol–water partition coefficient (Wildman–Crippen LogP) is 2.04. The first-order valence-corrected chi connectivity index (χ1v) is 5.34. The van der Waals surface area contributed by atoms with Crippen molar-refractivity contribution in [2.45, 2.75) is 0 Å². The van der Waals surface area contributed by atoms with E-state index in [1.165, 1.54) is 6.07 Å². The van der Waals surface area contributed by atoms with Gasteiger partial charge in [0.15, 0.2) is 0 Å². The van der Waals surface area contributed by atoms with Gasteiger partial charge in [-0.2, -0.15) is 0 Å². The van der Waals surface area contributed by atoms with Crippen LogP contribution in [-0.4, -0.2) is 32.1 Å². The Morgan fingerprint density at radius 1 is 1.59 bits per heavy atom. The highest BCUT2D eigenvalue weighted by atomic mass is 35.5. The molecule has 0 radical (unpaired) electrons. The van der Waals surface area contributed by atoms with Crippen molar-refractivity contribution in [3.63, 3.8) is 0 Å². The van der Waals surface area contributed by atoms with Crippen LogP contribution >= 0.6 is 11.6 Å². The molecular weight excluding hydrogens is 249 g/mol. The number of hydrogen-bond donors (Lipinski definition) is 1. The number of anilines is 1. The minimum atomic E-state index is -0.788. The maximum absolute atomic E-state index is 13.2. The SMILES string of the molecule is CNCCN(C)c1cc(Cl)c(F)cc1[N+](=O)[O-]. The zero-order chi connectivity index (χ0) is 13.0. The summed E-state index contributed by atoms with van der Waals surface area (Å²) in [4.78, 5) is 11.8. The lowest BCUT2D eigenvalue weighted by atomic mass is 10.2. The second-order valence-corrected chi connectivity index (χ2v) is 3.94. The van der Waals surface area contributed by atoms with E-state index in [0.29, 0.717) is 18.8 Å². The van der Waals surface area contributed by atoms with Crippen LogP contribution in [0.25, 0.3) is 0 Å². The summed E-state index contributed by atoms with van der Waals surface area (Å²) in [7, 11) is 3.47. The molecule has 0 spiro atoms. The summed E-state index contributed by atoms with van der Waals surface area (Å²) in [6.07, 6.45) is 0. The zero-order valence-corrected chi connectivity index (χ0v) is 10.3. The fraction of sp³-hybridized carbons (Fsp3) is 0.400. The summed E-state index contributed by atoms with van der Waals surface area (Å²) >= 11 is 5.63. The van der Waals surface area contributed by atoms with Crippen LogP contribution in [0.3, 0.4) is 0 Å². The van der Waals surface area contributed by atoms with Gasteiger partial charge in [0.05, 0.1) is 16.0 Å². The summed E-state index contributed by atoms with van der Waals surface area (Å²) < 4.78 is 13.2. The number of likely N-dealkylation sites (N-methyl/N-ethyl adjacent to an activating group) is 2. The molecule has 0 unspecified atom stereocenters. The van der Waals surface area contributed by atoms with Crippen molar-refractivity contribution in [2.75, 3.05) is 32.1 Å². The Balaban J connectivity index is 3.11. The van der Waals surface area contributed by atoms with E-state index in [2.05, 4.69) is 5.32 Å². The smallest absolute Gasteiger partial charge is 0.295 e. The Morgan fingerprint density at radius 3 is 2.76 bits per heavy atom. The fourth-order valence-electron chi connectivity index (χ4n) is 1.38. The van der Waals surface area contributed by atoms with Crippen LogP contribution in [0, 0.1) is 15.9 Å². The molecule has 17 heavy (non-hydrogen) atoms. The Bertz CT molecular complexity index is 428. The first kappa shape index (κ1) is 13.7. The Morgan fingerprint density at radius 2 is 2.24 bits per heavy atom. The predicted molar refractivity (Wildman–Crippen MR) is 65.3 cm³/mol. The number of hydrogen-bond acceptors (Lipinski definition) is 4. The van der Waals surface area contributed by atoms with Gasteiger partial charge in [0.1, 0.15) is 11.5 Å². The Labute approximate surface area is 103 Å². The van der Waals surface area contributed by atoms with Crippen LogP contribution in [0.2, 0.25) is 5.02 Å². The molecule has 94 valence electrons. The van der Waals surface area contributed by atoms with E-state index in [1.54, 1.807) is 19.0 Å². The highest BCUT2D eigenvalue weighted by Crippen LogP contribution is 2.32. The van der Waals surface area contributed by atoms with Crippen molar-refractivity contribution in [3.8, 4) is 0 Å². The van der Waals surface area contributed by atoms with Crippen LogP contribution in [0.15, 0.2) is 12.1 Å².